The number of nitrogens with one attached hydrogen (secondary N) is 2. The molecule has 0 radical (unpaired) electrons. The van der Waals surface area contributed by atoms with E-state index in [0.717, 1.165) is 0 Å². The van der Waals surface area contributed by atoms with Crippen LogP contribution in [0.15, 0.2) is 42.5 Å². The van der Waals surface area contributed by atoms with Gasteiger partial charge in [0.05, 0.1) is 16.4 Å². The van der Waals surface area contributed by atoms with Crippen LogP contribution in [0.4, 0.5) is 15.8 Å². The van der Waals surface area contributed by atoms with Gasteiger partial charge in [0.15, 0.2) is 5.69 Å². The van der Waals surface area contributed by atoms with Crippen molar-refractivity contribution >= 4 is 34.8 Å². The van der Waals surface area contributed by atoms with E-state index >= 15 is 0 Å². The Hall–Kier alpha value is -3.26. The number of hydrogen-bond donors (Lipinski definition) is 2. The molecule has 7 nitrogen and oxygen atoms in total. The largest absolute Gasteiger partial charge is 0.323 e. The number of aromatic nitrogens is 3. The van der Waals surface area contributed by atoms with Crippen LogP contribution in [-0.4, -0.2) is 26.8 Å². The average Bonchev–Trinajstić information content (AvgIpc) is 3.01. The molecule has 0 fully saturated rings. The van der Waals surface area contributed by atoms with Crippen LogP contribution >= 0.6 is 11.6 Å². The van der Waals surface area contributed by atoms with Crippen LogP contribution in [0.25, 0.3) is 0 Å². The Morgan fingerprint density at radius 2 is 1.89 bits per heavy atom. The molecule has 2 N–H and O–H groups in total. The molecule has 0 spiro atoms. The van der Waals surface area contributed by atoms with Crippen molar-refractivity contribution < 1.29 is 14.0 Å². The Bertz CT molecular complexity index is 1050. The second-order valence-corrected chi connectivity index (χ2v) is 6.53. The summed E-state index contributed by atoms with van der Waals surface area (Å²) >= 11 is 6.02. The summed E-state index contributed by atoms with van der Waals surface area (Å²) in [4.78, 5) is 24.6. The number of carbonyl (C=O) groups excluding carboxylic acids is 2. The standard InChI is InChI=1S/C19H17ClFN5O2/c1-11-7-8-13(9-15(11)21)22-19(28)18-12(2)26(25-24-18)10-17(27)23-16-6-4-3-5-14(16)20/h3-9H,10H2,1-2H3,(H,22,28)(H,23,27). The van der Waals surface area contributed by atoms with E-state index in [4.69, 9.17) is 11.6 Å². The van der Waals surface area contributed by atoms with Crippen LogP contribution in [0.1, 0.15) is 21.7 Å². The number of aryl methyl sites for hydroxylation is 1. The second-order valence-electron chi connectivity index (χ2n) is 6.13. The van der Waals surface area contributed by atoms with Crippen LogP contribution in [0.5, 0.6) is 0 Å². The number of carbonyl (C=O) groups is 2. The van der Waals surface area contributed by atoms with Crippen molar-refractivity contribution in [1.29, 1.82) is 0 Å². The zero-order chi connectivity index (χ0) is 20.3. The molecule has 0 saturated heterocycles. The molecule has 2 amide bonds. The molecule has 0 aliphatic heterocycles. The maximum Gasteiger partial charge on any atom is 0.278 e. The molecule has 3 aromatic rings. The Morgan fingerprint density at radius 3 is 2.61 bits per heavy atom. The normalized spacial score (nSPS) is 10.6. The summed E-state index contributed by atoms with van der Waals surface area (Å²) in [5, 5.41) is 13.3. The third-order valence-electron chi connectivity index (χ3n) is 4.07. The minimum absolute atomic E-state index is 0.0477. The zero-order valence-corrected chi connectivity index (χ0v) is 15.9. The van der Waals surface area contributed by atoms with Gasteiger partial charge in [-0.3, -0.25) is 9.59 Å². The van der Waals surface area contributed by atoms with E-state index in [-0.39, 0.29) is 18.1 Å². The third kappa shape index (κ3) is 4.34. The van der Waals surface area contributed by atoms with Crippen molar-refractivity contribution in [1.82, 2.24) is 15.0 Å². The van der Waals surface area contributed by atoms with Crippen molar-refractivity contribution in [2.24, 2.45) is 0 Å². The van der Waals surface area contributed by atoms with Crippen LogP contribution in [-0.2, 0) is 11.3 Å². The summed E-state index contributed by atoms with van der Waals surface area (Å²) in [5.74, 6) is -1.33. The first-order valence-corrected chi connectivity index (χ1v) is 8.75. The highest BCUT2D eigenvalue weighted by atomic mass is 35.5. The molecule has 144 valence electrons. The van der Waals surface area contributed by atoms with Crippen LogP contribution < -0.4 is 10.6 Å². The predicted molar refractivity (Wildman–Crippen MR) is 104 cm³/mol. The number of para-hydroxylation sites is 1. The number of amides is 2. The molecule has 0 aliphatic rings. The summed E-state index contributed by atoms with van der Waals surface area (Å²) in [5.41, 5.74) is 1.71. The van der Waals surface area contributed by atoms with E-state index < -0.39 is 11.7 Å². The number of nitrogens with zero attached hydrogens (tertiary/aromatic N) is 3. The fourth-order valence-electron chi connectivity index (χ4n) is 2.47. The lowest BCUT2D eigenvalue weighted by Gasteiger charge is -2.08. The van der Waals surface area contributed by atoms with Crippen LogP contribution in [0.2, 0.25) is 5.02 Å². The Morgan fingerprint density at radius 1 is 1.14 bits per heavy atom. The third-order valence-corrected chi connectivity index (χ3v) is 4.40. The maximum atomic E-state index is 13.6. The first-order valence-electron chi connectivity index (χ1n) is 8.37. The first-order chi connectivity index (χ1) is 13.3. The Labute approximate surface area is 165 Å². The molecule has 9 heteroatoms. The van der Waals surface area contributed by atoms with E-state index in [1.165, 1.54) is 10.7 Å². The SMILES string of the molecule is Cc1ccc(NC(=O)c2nnn(CC(=O)Nc3ccccc3Cl)c2C)cc1F. The van der Waals surface area contributed by atoms with Gasteiger partial charge in [-0.1, -0.05) is 35.0 Å². The molecule has 0 unspecified atom stereocenters. The number of hydrogen-bond acceptors (Lipinski definition) is 4. The number of anilines is 2. The Balaban J connectivity index is 1.69. The van der Waals surface area contributed by atoms with E-state index in [9.17, 15) is 14.0 Å². The summed E-state index contributed by atoms with van der Waals surface area (Å²) in [6.45, 7) is 3.11. The molecule has 0 atom stereocenters. The van der Waals surface area contributed by atoms with Gasteiger partial charge in [-0.05, 0) is 43.7 Å². The van der Waals surface area contributed by atoms with Crippen molar-refractivity contribution in [2.45, 2.75) is 20.4 Å². The topological polar surface area (TPSA) is 88.9 Å². The molecule has 1 aromatic heterocycles. The van der Waals surface area contributed by atoms with Gasteiger partial charge >= 0.3 is 0 Å². The molecule has 1 heterocycles. The monoisotopic (exact) mass is 401 g/mol. The summed E-state index contributed by atoms with van der Waals surface area (Å²) in [7, 11) is 0. The minimum Gasteiger partial charge on any atom is -0.323 e. The van der Waals surface area contributed by atoms with Crippen molar-refractivity contribution in [3.63, 3.8) is 0 Å². The van der Waals surface area contributed by atoms with Gasteiger partial charge in [0.2, 0.25) is 5.91 Å². The maximum absolute atomic E-state index is 13.6. The molecule has 0 saturated carbocycles. The van der Waals surface area contributed by atoms with Crippen molar-refractivity contribution in [2.75, 3.05) is 10.6 Å². The van der Waals surface area contributed by atoms with Gasteiger partial charge in [-0.25, -0.2) is 9.07 Å². The molecular formula is C19H17ClFN5O2. The quantitative estimate of drug-likeness (QED) is 0.683. The van der Waals surface area contributed by atoms with Gasteiger partial charge in [0.1, 0.15) is 12.4 Å². The highest BCUT2D eigenvalue weighted by Gasteiger charge is 2.18. The second kappa shape index (κ2) is 8.18. The van der Waals surface area contributed by atoms with E-state index in [2.05, 4.69) is 20.9 Å². The fourth-order valence-corrected chi connectivity index (χ4v) is 2.65. The van der Waals surface area contributed by atoms with Crippen molar-refractivity contribution in [3.05, 3.63) is 70.3 Å². The minimum atomic E-state index is -0.543. The molecule has 0 aliphatic carbocycles. The zero-order valence-electron chi connectivity index (χ0n) is 15.2. The number of halogens is 2. The van der Waals surface area contributed by atoms with E-state index in [1.807, 2.05) is 0 Å². The molecule has 28 heavy (non-hydrogen) atoms. The smallest absolute Gasteiger partial charge is 0.278 e. The lowest BCUT2D eigenvalue weighted by molar-refractivity contribution is -0.117. The Kier molecular flexibility index (Phi) is 5.70. The van der Waals surface area contributed by atoms with Gasteiger partial charge in [-0.15, -0.1) is 5.10 Å². The summed E-state index contributed by atoms with van der Waals surface area (Å²) in [6, 6.07) is 11.2. The first kappa shape index (κ1) is 19.5. The van der Waals surface area contributed by atoms with Gasteiger partial charge < -0.3 is 10.6 Å². The number of benzene rings is 2. The molecule has 3 rings (SSSR count). The predicted octanol–water partition coefficient (Wildman–Crippen LogP) is 3.58. The number of rotatable bonds is 5. The van der Waals surface area contributed by atoms with Crippen LogP contribution in [0, 0.1) is 19.7 Å². The van der Waals surface area contributed by atoms with E-state index in [0.29, 0.717) is 27.7 Å². The van der Waals surface area contributed by atoms with Gasteiger partial charge in [0, 0.05) is 5.69 Å². The van der Waals surface area contributed by atoms with Crippen LogP contribution in [0.3, 0.4) is 0 Å². The fraction of sp³-hybridized carbons (Fsp3) is 0.158. The molecule has 2 aromatic carbocycles. The highest BCUT2D eigenvalue weighted by molar-refractivity contribution is 6.33. The van der Waals surface area contributed by atoms with Gasteiger partial charge in [-0.2, -0.15) is 0 Å². The van der Waals surface area contributed by atoms with Crippen molar-refractivity contribution in [3.8, 4) is 0 Å². The highest BCUT2D eigenvalue weighted by Crippen LogP contribution is 2.20. The lowest BCUT2D eigenvalue weighted by atomic mass is 10.2. The average molecular weight is 402 g/mol. The lowest BCUT2D eigenvalue weighted by Crippen LogP contribution is -2.21. The molecule has 0 bridgehead atoms. The van der Waals surface area contributed by atoms with Gasteiger partial charge in [0.25, 0.3) is 5.91 Å². The summed E-state index contributed by atoms with van der Waals surface area (Å²) < 4.78 is 14.9. The molecular weight excluding hydrogens is 385 g/mol. The van der Waals surface area contributed by atoms with E-state index in [1.54, 1.807) is 50.2 Å². The summed E-state index contributed by atoms with van der Waals surface area (Å²) in [6.07, 6.45) is 0.